The van der Waals surface area contributed by atoms with Crippen molar-refractivity contribution in [1.29, 1.82) is 0 Å². The van der Waals surface area contributed by atoms with Crippen LogP contribution < -0.4 is 10.6 Å². The second-order valence-electron chi connectivity index (χ2n) is 5.92. The Hall–Kier alpha value is -0.741. The number of halogens is 1. The van der Waals surface area contributed by atoms with Crippen LogP contribution in [-0.4, -0.2) is 8.46 Å². The van der Waals surface area contributed by atoms with Crippen LogP contribution in [0.4, 0.5) is 0 Å². The Morgan fingerprint density at radius 2 is 0.966 bits per heavy atom. The molecule has 0 unspecified atom stereocenters. The molecule has 29 heavy (non-hydrogen) atoms. The van der Waals surface area contributed by atoms with Crippen LogP contribution in [0, 0.1) is 43.6 Å². The van der Waals surface area contributed by atoms with Crippen LogP contribution in [0.15, 0.2) is 78.9 Å². The molecule has 0 aliphatic rings. The average Bonchev–Trinajstić information content (AvgIpc) is 3.11. The van der Waals surface area contributed by atoms with Crippen molar-refractivity contribution < 1.29 is 17.4 Å². The van der Waals surface area contributed by atoms with Gasteiger partial charge in [-0.15, -0.1) is 12.4 Å². The minimum absolute atomic E-state index is 0. The zero-order chi connectivity index (χ0) is 16.7. The molecule has 160 valence electrons. The van der Waals surface area contributed by atoms with E-state index in [0.717, 1.165) is 0 Å². The molecule has 0 spiro atoms. The summed E-state index contributed by atoms with van der Waals surface area (Å²) in [5, 5.41) is 3.05. The standard InChI is InChI=1S/C16H20PSi.C5H5.4CH3.ClH.Cr/c1-13-5-9-15(10-6-13)17(18(3)4)16-11-7-14(2)8-12-16;1-2-4-5-3-1;;;;;;/h5-12H,1-4H3;1-5H;4*1H3;1H;/q;5*-1;;+5. The normalized spacial score (nSPS) is 8.34. The number of hydrogen-bond acceptors (Lipinski definition) is 0. The van der Waals surface area contributed by atoms with Gasteiger partial charge in [-0.3, -0.25) is 0 Å². The van der Waals surface area contributed by atoms with Gasteiger partial charge >= 0.3 is 17.4 Å². The summed E-state index contributed by atoms with van der Waals surface area (Å²) in [4.78, 5) is 0. The summed E-state index contributed by atoms with van der Waals surface area (Å²) < 4.78 is 0. The van der Waals surface area contributed by atoms with Crippen LogP contribution in [0.3, 0.4) is 0 Å². The van der Waals surface area contributed by atoms with E-state index in [1.54, 1.807) is 0 Å². The molecule has 3 aromatic rings. The van der Waals surface area contributed by atoms with Crippen molar-refractivity contribution in [3.63, 3.8) is 0 Å². The number of rotatable bonds is 3. The first-order chi connectivity index (χ1) is 11.1. The third-order valence-electron chi connectivity index (χ3n) is 3.59. The maximum atomic E-state index is 2.43. The quantitative estimate of drug-likeness (QED) is 0.204. The molecule has 3 aromatic carbocycles. The van der Waals surface area contributed by atoms with E-state index >= 15 is 0 Å². The van der Waals surface area contributed by atoms with Gasteiger partial charge in [0.15, 0.2) is 0 Å². The van der Waals surface area contributed by atoms with Gasteiger partial charge in [-0.05, 0) is 24.5 Å². The van der Waals surface area contributed by atoms with Crippen LogP contribution in [0.5, 0.6) is 0 Å². The summed E-state index contributed by atoms with van der Waals surface area (Å²) in [5.74, 6) is 0. The van der Waals surface area contributed by atoms with E-state index in [4.69, 9.17) is 0 Å². The first-order valence-corrected chi connectivity index (χ1v) is 12.7. The fourth-order valence-electron chi connectivity index (χ4n) is 2.37. The van der Waals surface area contributed by atoms with Gasteiger partial charge in [-0.25, -0.2) is 12.1 Å². The van der Waals surface area contributed by atoms with Crippen molar-refractivity contribution >= 4 is 38.9 Å². The Morgan fingerprint density at radius 1 is 0.655 bits per heavy atom. The van der Waals surface area contributed by atoms with Gasteiger partial charge in [0, 0.05) is 0 Å². The fourth-order valence-corrected chi connectivity index (χ4v) is 8.59. The SMILES string of the molecule is Cc1ccc(P(c2ccc(C)cc2)[Si](C)C)cc1.Cl.[CH3-].[CH3-].[CH3-].[CH3-].[Cr+5].c1cc[cH-]c1. The molecule has 0 saturated heterocycles. The zero-order valence-corrected chi connectivity index (χ0v) is 23.3. The van der Waals surface area contributed by atoms with E-state index in [2.05, 4.69) is 75.5 Å². The molecule has 2 radical (unpaired) electrons. The summed E-state index contributed by atoms with van der Waals surface area (Å²) in [6, 6.07) is 28.2. The average molecular weight is 485 g/mol. The summed E-state index contributed by atoms with van der Waals surface area (Å²) in [6.45, 7) is 9.16. The first-order valence-electron chi connectivity index (χ1n) is 7.98. The van der Waals surface area contributed by atoms with Crippen LogP contribution in [0.25, 0.3) is 0 Å². The monoisotopic (exact) mass is 484 g/mol. The van der Waals surface area contributed by atoms with Gasteiger partial charge in [0.1, 0.15) is 0 Å². The third kappa shape index (κ3) is 13.2. The molecule has 0 aliphatic carbocycles. The van der Waals surface area contributed by atoms with Crippen molar-refractivity contribution in [1.82, 2.24) is 0 Å². The second-order valence-corrected chi connectivity index (χ2v) is 13.5. The number of aryl methyl sites for hydroxylation is 2. The molecule has 0 fully saturated rings. The van der Waals surface area contributed by atoms with Gasteiger partial charge in [0.2, 0.25) is 0 Å². The molecule has 3 rings (SSSR count). The van der Waals surface area contributed by atoms with Crippen molar-refractivity contribution in [2.45, 2.75) is 26.9 Å². The smallest absolute Gasteiger partial charge is 0.358 e. The van der Waals surface area contributed by atoms with Crippen LogP contribution in [0.2, 0.25) is 13.1 Å². The molecule has 0 N–H and O–H groups in total. The second kappa shape index (κ2) is 20.5. The van der Waals surface area contributed by atoms with E-state index in [1.807, 2.05) is 30.3 Å². The predicted octanol–water partition coefficient (Wildman–Crippen LogP) is 7.61. The van der Waals surface area contributed by atoms with E-state index in [9.17, 15) is 0 Å². The van der Waals surface area contributed by atoms with Crippen LogP contribution in [-0.2, 0) is 17.4 Å². The molecule has 0 nitrogen and oxygen atoms in total. The fraction of sp³-hybridized carbons (Fsp3) is 0.160. The molecule has 0 saturated carbocycles. The predicted molar refractivity (Wildman–Crippen MR) is 141 cm³/mol. The third-order valence-corrected chi connectivity index (χ3v) is 10.3. The molecular formula is C25H38ClCrPSi. The van der Waals surface area contributed by atoms with E-state index < -0.39 is 0 Å². The Balaban J connectivity index is -0.000000155. The van der Waals surface area contributed by atoms with E-state index in [1.165, 1.54) is 21.7 Å². The first kappa shape index (κ1) is 38.8. The summed E-state index contributed by atoms with van der Waals surface area (Å²) in [7, 11) is -0.471. The molecule has 0 aromatic heterocycles. The minimum atomic E-state index is -0.338. The molecule has 0 amide bonds. The summed E-state index contributed by atoms with van der Waals surface area (Å²) in [6.07, 6.45) is 0. The Kier molecular flexibility index (Phi) is 27.5. The maximum Gasteiger partial charge on any atom is 5.00 e. The zero-order valence-electron chi connectivity index (χ0n) is 19.3. The van der Waals surface area contributed by atoms with Crippen LogP contribution in [0.1, 0.15) is 11.1 Å². The molecule has 0 heterocycles. The van der Waals surface area contributed by atoms with Gasteiger partial charge < -0.3 is 29.7 Å². The maximum absolute atomic E-state index is 2.43. The Morgan fingerprint density at radius 3 is 1.17 bits per heavy atom. The topological polar surface area (TPSA) is 0 Å². The van der Waals surface area contributed by atoms with Crippen molar-refractivity contribution in [2.24, 2.45) is 0 Å². The largest absolute Gasteiger partial charge is 5.00 e. The number of hydrogen-bond donors (Lipinski definition) is 0. The molecule has 0 aliphatic heterocycles. The number of benzene rings is 2. The van der Waals surface area contributed by atoms with E-state index in [0.29, 0.717) is 0 Å². The molecule has 4 heteroatoms. The van der Waals surface area contributed by atoms with Gasteiger partial charge in [-0.2, -0.15) is 18.2 Å². The van der Waals surface area contributed by atoms with Gasteiger partial charge in [0.25, 0.3) is 0 Å². The van der Waals surface area contributed by atoms with Gasteiger partial charge in [0.05, 0.1) is 8.46 Å². The summed E-state index contributed by atoms with van der Waals surface area (Å²) in [5.41, 5.74) is 2.69. The molecule has 0 atom stereocenters. The van der Waals surface area contributed by atoms with Crippen molar-refractivity contribution in [3.05, 3.63) is 120 Å². The minimum Gasteiger partial charge on any atom is -0.358 e. The van der Waals surface area contributed by atoms with Crippen molar-refractivity contribution in [2.75, 3.05) is 0 Å². The van der Waals surface area contributed by atoms with Crippen molar-refractivity contribution in [3.8, 4) is 0 Å². The summed E-state index contributed by atoms with van der Waals surface area (Å²) >= 11 is 0. The van der Waals surface area contributed by atoms with Gasteiger partial charge in [-0.1, -0.05) is 80.2 Å². The van der Waals surface area contributed by atoms with Crippen LogP contribution >= 0.6 is 19.9 Å². The molecular weight excluding hydrogens is 447 g/mol. The molecule has 0 bridgehead atoms. The Bertz CT molecular complexity index is 617. The Labute approximate surface area is 202 Å². The van der Waals surface area contributed by atoms with E-state index in [-0.39, 0.29) is 75.4 Å².